The minimum absolute atomic E-state index is 0.0219. The Morgan fingerprint density at radius 2 is 1.73 bits per heavy atom. The van der Waals surface area contributed by atoms with Gasteiger partial charge in [-0.15, -0.1) is 16.4 Å². The van der Waals surface area contributed by atoms with Crippen molar-refractivity contribution in [3.63, 3.8) is 0 Å². The number of H-pyrrole nitrogens is 1. The third-order valence-corrected chi connectivity index (χ3v) is 7.21. The van der Waals surface area contributed by atoms with Gasteiger partial charge in [0.1, 0.15) is 15.7 Å². The van der Waals surface area contributed by atoms with E-state index in [0.29, 0.717) is 28.7 Å². The number of thiophene rings is 1. The van der Waals surface area contributed by atoms with Crippen LogP contribution in [0.25, 0.3) is 0 Å². The van der Waals surface area contributed by atoms with Crippen molar-refractivity contribution < 1.29 is 19.1 Å². The number of esters is 1. The number of nitrogens with zero attached hydrogens (tertiary/aromatic N) is 2. The third kappa shape index (κ3) is 6.83. The summed E-state index contributed by atoms with van der Waals surface area (Å²) < 4.78 is 5.13. The molecule has 190 valence electrons. The van der Waals surface area contributed by atoms with Gasteiger partial charge in [-0.2, -0.15) is 0 Å². The van der Waals surface area contributed by atoms with E-state index in [9.17, 15) is 14.4 Å². The number of amides is 2. The lowest BCUT2D eigenvalue weighted by atomic mass is 10.1. The van der Waals surface area contributed by atoms with Gasteiger partial charge in [0.25, 0.3) is 5.91 Å². The topological polar surface area (TPSA) is 126 Å². The number of ether oxygens (including phenoxy) is 1. The smallest absolute Gasteiger partial charge is 0.348 e. The molecule has 0 unspecified atom stereocenters. The molecule has 11 heteroatoms. The molecule has 2 heterocycles. The zero-order valence-corrected chi connectivity index (χ0v) is 21.9. The van der Waals surface area contributed by atoms with Gasteiger partial charge in [-0.25, -0.2) is 9.78 Å². The molecule has 3 N–H and O–H groups in total. The lowest BCUT2D eigenvalue weighted by Crippen LogP contribution is -2.18. The minimum Gasteiger partial charge on any atom is -0.462 e. The zero-order valence-electron chi connectivity index (χ0n) is 20.2. The van der Waals surface area contributed by atoms with Gasteiger partial charge in [-0.3, -0.25) is 14.7 Å². The van der Waals surface area contributed by atoms with E-state index in [1.165, 1.54) is 11.8 Å². The molecule has 2 aromatic carbocycles. The molecule has 37 heavy (non-hydrogen) atoms. The number of anilines is 2. The molecule has 4 aromatic rings. The van der Waals surface area contributed by atoms with Gasteiger partial charge in [0.05, 0.1) is 17.9 Å². The Kier molecular flexibility index (Phi) is 8.70. The van der Waals surface area contributed by atoms with Crippen molar-refractivity contribution >= 4 is 51.6 Å². The van der Waals surface area contributed by atoms with Gasteiger partial charge >= 0.3 is 5.97 Å². The average molecular weight is 536 g/mol. The predicted octanol–water partition coefficient (Wildman–Crippen LogP) is 4.93. The molecule has 0 aliphatic carbocycles. The summed E-state index contributed by atoms with van der Waals surface area (Å²) in [5.41, 5.74) is 2.36. The summed E-state index contributed by atoms with van der Waals surface area (Å²) in [5, 5.41) is 13.4. The van der Waals surface area contributed by atoms with Crippen LogP contribution in [0.5, 0.6) is 0 Å². The van der Waals surface area contributed by atoms with Crippen LogP contribution in [0.1, 0.15) is 43.9 Å². The average Bonchev–Trinajstić information content (AvgIpc) is 3.47. The van der Waals surface area contributed by atoms with Crippen LogP contribution in [-0.4, -0.2) is 45.3 Å². The molecule has 0 bridgehead atoms. The number of rotatable bonds is 10. The van der Waals surface area contributed by atoms with Crippen LogP contribution >= 0.6 is 23.1 Å². The summed E-state index contributed by atoms with van der Waals surface area (Å²) in [4.78, 5) is 43.1. The fourth-order valence-electron chi connectivity index (χ4n) is 3.48. The quantitative estimate of drug-likeness (QED) is 0.194. The summed E-state index contributed by atoms with van der Waals surface area (Å²) in [5.74, 6) is -0.612. The molecular formula is C26H25N5O4S2. The summed E-state index contributed by atoms with van der Waals surface area (Å²) in [6.07, 6.45) is 0.603. The van der Waals surface area contributed by atoms with E-state index in [4.69, 9.17) is 4.74 Å². The van der Waals surface area contributed by atoms with E-state index in [-0.39, 0.29) is 33.7 Å². The van der Waals surface area contributed by atoms with Crippen molar-refractivity contribution in [3.8, 4) is 0 Å². The maximum atomic E-state index is 13.1. The number of carbonyl (C=O) groups excluding carboxylic acids is 3. The molecule has 0 aliphatic rings. The van der Waals surface area contributed by atoms with Crippen LogP contribution in [0, 0.1) is 6.92 Å². The lowest BCUT2D eigenvalue weighted by Gasteiger charge is -2.08. The molecule has 0 spiro atoms. The minimum atomic E-state index is -0.541. The first-order valence-electron chi connectivity index (χ1n) is 11.5. The van der Waals surface area contributed by atoms with Crippen molar-refractivity contribution in [3.05, 3.63) is 88.1 Å². The number of nitrogens with one attached hydrogen (secondary N) is 3. The Morgan fingerprint density at radius 1 is 1.03 bits per heavy atom. The van der Waals surface area contributed by atoms with Crippen molar-refractivity contribution in [2.45, 2.75) is 25.4 Å². The van der Waals surface area contributed by atoms with Gasteiger partial charge in [-0.1, -0.05) is 60.3 Å². The summed E-state index contributed by atoms with van der Waals surface area (Å²) in [7, 11) is 0. The molecule has 4 rings (SSSR count). The lowest BCUT2D eigenvalue weighted by molar-refractivity contribution is -0.113. The van der Waals surface area contributed by atoms with E-state index in [0.717, 1.165) is 16.9 Å². The molecule has 0 saturated carbocycles. The molecule has 0 saturated heterocycles. The monoisotopic (exact) mass is 535 g/mol. The van der Waals surface area contributed by atoms with Crippen LogP contribution in [0.2, 0.25) is 0 Å². The van der Waals surface area contributed by atoms with Crippen LogP contribution < -0.4 is 10.6 Å². The van der Waals surface area contributed by atoms with E-state index in [1.54, 1.807) is 38.1 Å². The second-order valence-electron chi connectivity index (χ2n) is 7.86. The summed E-state index contributed by atoms with van der Waals surface area (Å²) in [6.45, 7) is 3.57. The molecule has 2 aromatic heterocycles. The first kappa shape index (κ1) is 26.1. The van der Waals surface area contributed by atoms with Gasteiger partial charge in [0.2, 0.25) is 11.1 Å². The van der Waals surface area contributed by atoms with Crippen molar-refractivity contribution in [2.75, 3.05) is 23.0 Å². The predicted molar refractivity (Wildman–Crippen MR) is 144 cm³/mol. The highest BCUT2D eigenvalue weighted by Crippen LogP contribution is 2.34. The third-order valence-electron chi connectivity index (χ3n) is 5.18. The van der Waals surface area contributed by atoms with E-state index in [2.05, 4.69) is 25.8 Å². The molecule has 9 nitrogen and oxygen atoms in total. The molecule has 0 atom stereocenters. The Morgan fingerprint density at radius 3 is 2.43 bits per heavy atom. The van der Waals surface area contributed by atoms with E-state index < -0.39 is 11.9 Å². The summed E-state index contributed by atoms with van der Waals surface area (Å²) >= 11 is 2.18. The highest BCUT2D eigenvalue weighted by molar-refractivity contribution is 7.99. The molecular weight excluding hydrogens is 510 g/mol. The van der Waals surface area contributed by atoms with E-state index in [1.807, 2.05) is 36.4 Å². The second kappa shape index (κ2) is 12.3. The highest BCUT2D eigenvalue weighted by atomic mass is 32.2. The van der Waals surface area contributed by atoms with Crippen molar-refractivity contribution in [2.24, 2.45) is 0 Å². The van der Waals surface area contributed by atoms with Gasteiger partial charge in [0.15, 0.2) is 0 Å². The first-order chi connectivity index (χ1) is 17.9. The van der Waals surface area contributed by atoms with E-state index >= 15 is 0 Å². The SMILES string of the molecule is CCOC(=O)c1sc(NC(=O)CSc2n[nH]c(Cc3ccccc3)n2)c(C(=O)Nc2ccccc2)c1C. The fourth-order valence-corrected chi connectivity index (χ4v) is 5.22. The van der Waals surface area contributed by atoms with Crippen LogP contribution in [0.3, 0.4) is 0 Å². The van der Waals surface area contributed by atoms with Crippen LogP contribution in [-0.2, 0) is 16.0 Å². The molecule has 0 fully saturated rings. The fraction of sp³-hybridized carbons (Fsp3) is 0.192. The Balaban J connectivity index is 1.45. The molecule has 0 aliphatic heterocycles. The second-order valence-corrected chi connectivity index (χ2v) is 9.83. The summed E-state index contributed by atoms with van der Waals surface area (Å²) in [6, 6.07) is 18.8. The number of hydrogen-bond donors (Lipinski definition) is 3. The first-order valence-corrected chi connectivity index (χ1v) is 13.3. The van der Waals surface area contributed by atoms with Gasteiger partial charge < -0.3 is 15.4 Å². The van der Waals surface area contributed by atoms with Crippen LogP contribution in [0.4, 0.5) is 10.7 Å². The van der Waals surface area contributed by atoms with Gasteiger partial charge in [0, 0.05) is 12.1 Å². The molecule has 2 amide bonds. The Labute approximate surface area is 222 Å². The maximum absolute atomic E-state index is 13.1. The van der Waals surface area contributed by atoms with Crippen molar-refractivity contribution in [1.82, 2.24) is 15.2 Å². The van der Waals surface area contributed by atoms with Gasteiger partial charge in [-0.05, 0) is 37.1 Å². The number of aromatic amines is 1. The standard InChI is InChI=1S/C26H25N5O4S2/c1-3-35-25(34)22-16(2)21(23(33)27-18-12-8-5-9-13-18)24(37-22)29-20(32)15-36-26-28-19(30-31-26)14-17-10-6-4-7-11-17/h4-13H,3,14-15H2,1-2H3,(H,27,33)(H,29,32)(H,28,30,31). The zero-order chi connectivity index (χ0) is 26.2. The van der Waals surface area contributed by atoms with Crippen LogP contribution in [0.15, 0.2) is 65.8 Å². The number of thioether (sulfide) groups is 1. The van der Waals surface area contributed by atoms with Crippen molar-refractivity contribution in [1.29, 1.82) is 0 Å². The number of hydrogen-bond acceptors (Lipinski definition) is 8. The highest BCUT2D eigenvalue weighted by Gasteiger charge is 2.26. The normalized spacial score (nSPS) is 10.6. The maximum Gasteiger partial charge on any atom is 0.348 e. The number of para-hydroxylation sites is 1. The molecule has 0 radical (unpaired) electrons. The largest absolute Gasteiger partial charge is 0.462 e. The number of carbonyl (C=O) groups is 3. The number of benzene rings is 2. The number of aromatic nitrogens is 3. The Bertz CT molecular complexity index is 1390. The Hall–Kier alpha value is -3.96.